The molecule has 0 saturated heterocycles. The van der Waals surface area contributed by atoms with Gasteiger partial charge in [0.25, 0.3) is 0 Å². The summed E-state index contributed by atoms with van der Waals surface area (Å²) in [5, 5.41) is 10.4. The summed E-state index contributed by atoms with van der Waals surface area (Å²) in [4.78, 5) is 3.77. The molecule has 0 aliphatic carbocycles. The van der Waals surface area contributed by atoms with Gasteiger partial charge in [0.05, 0.1) is 5.70 Å². The van der Waals surface area contributed by atoms with Crippen molar-refractivity contribution in [2.45, 2.75) is 6.92 Å². The molecule has 0 aromatic rings. The minimum absolute atomic E-state index is 0.0231. The molecule has 2 heteroatoms. The Morgan fingerprint density at radius 2 is 2.50 bits per heavy atom. The second-order valence-corrected chi connectivity index (χ2v) is 1.58. The number of aliphatic imine (C=N–C) groups is 1. The average molecular weight is 108 g/mol. The third-order valence-electron chi connectivity index (χ3n) is 0.914. The van der Waals surface area contributed by atoms with E-state index in [1.165, 1.54) is 6.92 Å². The summed E-state index contributed by atoms with van der Waals surface area (Å²) in [6.45, 7) is 1.50. The Kier molecular flexibility index (Phi) is 1.16. The topological polar surface area (TPSA) is 35.4 Å². The average Bonchev–Trinajstić information content (AvgIpc) is 2.12. The predicted octanol–water partition coefficient (Wildman–Crippen LogP) is 0.219. The molecule has 0 aromatic carbocycles. The summed E-state index contributed by atoms with van der Waals surface area (Å²) < 4.78 is 0. The number of hydrogen-bond acceptors (Lipinski definition) is 2. The van der Waals surface area contributed by atoms with Crippen LogP contribution in [0.4, 0.5) is 0 Å². The lowest BCUT2D eigenvalue weighted by Crippen LogP contribution is -1.99. The van der Waals surface area contributed by atoms with Crippen LogP contribution in [0.3, 0.4) is 0 Å². The summed E-state index contributed by atoms with van der Waals surface area (Å²) in [7, 11) is 0. The van der Waals surface area contributed by atoms with Crippen molar-refractivity contribution in [3.8, 4) is 0 Å². The van der Waals surface area contributed by atoms with Gasteiger partial charge in [-0.2, -0.15) is 0 Å². The van der Waals surface area contributed by atoms with Crippen LogP contribution in [0, 0.1) is 0 Å². The van der Waals surface area contributed by atoms with Crippen molar-refractivity contribution in [1.29, 1.82) is 0 Å². The van der Waals surface area contributed by atoms with Crippen LogP contribution in [0.25, 0.3) is 0 Å². The van der Waals surface area contributed by atoms with Gasteiger partial charge in [0.1, 0.15) is 0 Å². The van der Waals surface area contributed by atoms with E-state index in [1.54, 1.807) is 18.4 Å². The van der Waals surface area contributed by atoms with Crippen LogP contribution in [-0.4, -0.2) is 6.21 Å². The van der Waals surface area contributed by atoms with E-state index in [-0.39, 0.29) is 5.76 Å². The molecule has 8 heavy (non-hydrogen) atoms. The van der Waals surface area contributed by atoms with Crippen LogP contribution < -0.4 is 5.11 Å². The molecular weight excluding hydrogens is 102 g/mol. The Morgan fingerprint density at radius 3 is 2.75 bits per heavy atom. The van der Waals surface area contributed by atoms with E-state index in [4.69, 9.17) is 0 Å². The van der Waals surface area contributed by atoms with Gasteiger partial charge in [-0.1, -0.05) is 6.92 Å². The molecule has 0 amide bonds. The second kappa shape index (κ2) is 1.82. The highest BCUT2D eigenvalue weighted by Gasteiger charge is 1.88. The fraction of sp³-hybridized carbons (Fsp3) is 0.167. The Bertz CT molecular complexity index is 159. The minimum atomic E-state index is 0.0231. The van der Waals surface area contributed by atoms with E-state index >= 15 is 0 Å². The van der Waals surface area contributed by atoms with Crippen LogP contribution in [0.5, 0.6) is 0 Å². The van der Waals surface area contributed by atoms with Crippen LogP contribution in [0.15, 0.2) is 28.6 Å². The van der Waals surface area contributed by atoms with Gasteiger partial charge >= 0.3 is 0 Å². The fourth-order valence-electron chi connectivity index (χ4n) is 0.509. The van der Waals surface area contributed by atoms with Gasteiger partial charge in [0.2, 0.25) is 0 Å². The lowest BCUT2D eigenvalue weighted by molar-refractivity contribution is -0.303. The molecule has 1 rings (SSSR count). The molecule has 0 spiro atoms. The Balaban J connectivity index is 2.90. The van der Waals surface area contributed by atoms with E-state index < -0.39 is 0 Å². The molecule has 1 heterocycles. The first kappa shape index (κ1) is 5.09. The smallest absolute Gasteiger partial charge is 0.0508 e. The standard InChI is InChI=1S/C6H7NO/c1-5(8)6-3-2-4-7-6/h2-4,8H,1H3/p-1. The van der Waals surface area contributed by atoms with Crippen molar-refractivity contribution in [3.63, 3.8) is 0 Å². The van der Waals surface area contributed by atoms with Gasteiger partial charge < -0.3 is 5.11 Å². The molecule has 0 fully saturated rings. The molecule has 0 atom stereocenters. The van der Waals surface area contributed by atoms with Gasteiger partial charge in [-0.05, 0) is 12.2 Å². The van der Waals surface area contributed by atoms with Crippen LogP contribution in [0.2, 0.25) is 0 Å². The van der Waals surface area contributed by atoms with Crippen molar-refractivity contribution < 1.29 is 5.11 Å². The minimum Gasteiger partial charge on any atom is -0.874 e. The van der Waals surface area contributed by atoms with E-state index in [1.807, 2.05) is 0 Å². The largest absolute Gasteiger partial charge is 0.874 e. The van der Waals surface area contributed by atoms with E-state index in [0.717, 1.165) is 0 Å². The van der Waals surface area contributed by atoms with Crippen molar-refractivity contribution in [2.24, 2.45) is 4.99 Å². The molecule has 0 unspecified atom stereocenters. The molecule has 0 aromatic heterocycles. The van der Waals surface area contributed by atoms with Crippen LogP contribution in [-0.2, 0) is 0 Å². The second-order valence-electron chi connectivity index (χ2n) is 1.58. The van der Waals surface area contributed by atoms with E-state index in [2.05, 4.69) is 4.99 Å². The highest BCUT2D eigenvalue weighted by molar-refractivity contribution is 5.77. The Labute approximate surface area is 47.9 Å². The van der Waals surface area contributed by atoms with Crippen molar-refractivity contribution in [2.75, 3.05) is 0 Å². The third kappa shape index (κ3) is 0.780. The Morgan fingerprint density at radius 1 is 1.75 bits per heavy atom. The van der Waals surface area contributed by atoms with Gasteiger partial charge in [-0.15, -0.1) is 5.76 Å². The van der Waals surface area contributed by atoms with Gasteiger partial charge in [0, 0.05) is 6.21 Å². The molecule has 0 bridgehead atoms. The molecule has 0 radical (unpaired) electrons. The summed E-state index contributed by atoms with van der Waals surface area (Å²) in [5.74, 6) is 0.0231. The number of hydrogen-bond donors (Lipinski definition) is 0. The predicted molar refractivity (Wildman–Crippen MR) is 30.3 cm³/mol. The van der Waals surface area contributed by atoms with E-state index in [0.29, 0.717) is 5.70 Å². The lowest BCUT2D eigenvalue weighted by Gasteiger charge is -2.03. The van der Waals surface area contributed by atoms with Crippen molar-refractivity contribution in [1.82, 2.24) is 0 Å². The van der Waals surface area contributed by atoms with Gasteiger partial charge in [-0.25, -0.2) is 0 Å². The summed E-state index contributed by atoms with van der Waals surface area (Å²) in [6, 6.07) is 0. The maximum atomic E-state index is 10.4. The first-order chi connectivity index (χ1) is 3.80. The highest BCUT2D eigenvalue weighted by Crippen LogP contribution is 2.05. The van der Waals surface area contributed by atoms with Crippen LogP contribution in [0.1, 0.15) is 6.92 Å². The number of allylic oxidation sites excluding steroid dienone is 3. The van der Waals surface area contributed by atoms with Crippen LogP contribution >= 0.6 is 0 Å². The monoisotopic (exact) mass is 108 g/mol. The molecular formula is C6H6NO-. The molecule has 42 valence electrons. The van der Waals surface area contributed by atoms with E-state index in [9.17, 15) is 5.11 Å². The zero-order valence-corrected chi connectivity index (χ0v) is 4.59. The molecule has 2 nitrogen and oxygen atoms in total. The van der Waals surface area contributed by atoms with Crippen molar-refractivity contribution in [3.05, 3.63) is 23.6 Å². The summed E-state index contributed by atoms with van der Waals surface area (Å²) in [6.07, 6.45) is 5.05. The number of nitrogens with zero attached hydrogens (tertiary/aromatic N) is 1. The van der Waals surface area contributed by atoms with Gasteiger partial charge in [0.15, 0.2) is 0 Å². The zero-order chi connectivity index (χ0) is 5.98. The highest BCUT2D eigenvalue weighted by atomic mass is 16.3. The zero-order valence-electron chi connectivity index (χ0n) is 4.59. The summed E-state index contributed by atoms with van der Waals surface area (Å²) >= 11 is 0. The lowest BCUT2D eigenvalue weighted by atomic mass is 10.4. The first-order valence-electron chi connectivity index (χ1n) is 2.39. The number of rotatable bonds is 0. The third-order valence-corrected chi connectivity index (χ3v) is 0.914. The summed E-state index contributed by atoms with van der Waals surface area (Å²) in [5.41, 5.74) is 0.546. The first-order valence-corrected chi connectivity index (χ1v) is 2.39. The maximum absolute atomic E-state index is 10.4. The maximum Gasteiger partial charge on any atom is 0.0508 e. The fourth-order valence-corrected chi connectivity index (χ4v) is 0.509. The SMILES string of the molecule is CC([O-])=C1C=CC=N1. The van der Waals surface area contributed by atoms with Gasteiger partial charge in [-0.3, -0.25) is 4.99 Å². The molecule has 1 aliphatic heterocycles. The normalized spacial score (nSPS) is 22.1. The molecule has 0 N–H and O–H groups in total. The van der Waals surface area contributed by atoms with Crippen molar-refractivity contribution >= 4 is 6.21 Å². The molecule has 0 saturated carbocycles. The Hall–Kier alpha value is -1.05. The molecule has 1 aliphatic rings. The quantitative estimate of drug-likeness (QED) is 0.409.